The fraction of sp³-hybridized carbons (Fsp3) is 0.400. The van der Waals surface area contributed by atoms with Gasteiger partial charge in [0.1, 0.15) is 16.5 Å². The molecule has 1 saturated heterocycles. The Hall–Kier alpha value is -2.04. The Labute approximate surface area is 145 Å². The number of carbonyl (C=O) groups excluding carboxylic acids is 1. The van der Waals surface area contributed by atoms with E-state index in [2.05, 4.69) is 20.2 Å². The first-order valence-corrected chi connectivity index (χ1v) is 8.39. The van der Waals surface area contributed by atoms with E-state index in [4.69, 9.17) is 4.74 Å². The van der Waals surface area contributed by atoms with Crippen molar-refractivity contribution in [1.82, 2.24) is 14.9 Å². The van der Waals surface area contributed by atoms with Crippen LogP contribution < -0.4 is 5.32 Å². The van der Waals surface area contributed by atoms with E-state index in [1.54, 1.807) is 5.38 Å². The normalized spacial score (nSPS) is 16.0. The standard InChI is InChI=1S/C15H15F3N4O2S/c16-15(17,18)10-1-2-12(19-7-10)21-14(23)11-9-25-13(20-11)8-22-3-5-24-6-4-22/h1-2,7,9H,3-6,8H2,(H,19,21,23). The van der Waals surface area contributed by atoms with Crippen molar-refractivity contribution >= 4 is 23.1 Å². The molecule has 10 heteroatoms. The summed E-state index contributed by atoms with van der Waals surface area (Å²) < 4.78 is 42.8. The predicted molar refractivity (Wildman–Crippen MR) is 85.4 cm³/mol. The van der Waals surface area contributed by atoms with Crippen LogP contribution in [0.25, 0.3) is 0 Å². The fourth-order valence-electron chi connectivity index (χ4n) is 2.25. The third-order valence-corrected chi connectivity index (χ3v) is 4.41. The van der Waals surface area contributed by atoms with Gasteiger partial charge >= 0.3 is 6.18 Å². The summed E-state index contributed by atoms with van der Waals surface area (Å²) in [5.74, 6) is -0.461. The van der Waals surface area contributed by atoms with Crippen LogP contribution in [0.15, 0.2) is 23.7 Å². The zero-order chi connectivity index (χ0) is 17.9. The Kier molecular flexibility index (Phi) is 5.30. The SMILES string of the molecule is O=C(Nc1ccc(C(F)(F)F)cn1)c1csc(CN2CCOCC2)n1. The molecule has 2 aromatic heterocycles. The van der Waals surface area contributed by atoms with Gasteiger partial charge in [-0.1, -0.05) is 0 Å². The molecule has 0 spiro atoms. The van der Waals surface area contributed by atoms with E-state index in [-0.39, 0.29) is 11.5 Å². The Morgan fingerprint density at radius 3 is 2.72 bits per heavy atom. The lowest BCUT2D eigenvalue weighted by atomic mass is 10.3. The predicted octanol–water partition coefficient (Wildman–Crippen LogP) is 2.64. The topological polar surface area (TPSA) is 67.4 Å². The number of carbonyl (C=O) groups is 1. The third-order valence-electron chi connectivity index (χ3n) is 3.58. The lowest BCUT2D eigenvalue weighted by Crippen LogP contribution is -2.35. The molecule has 2 aromatic rings. The maximum absolute atomic E-state index is 12.5. The van der Waals surface area contributed by atoms with Crippen molar-refractivity contribution in [2.45, 2.75) is 12.7 Å². The highest BCUT2D eigenvalue weighted by molar-refractivity contribution is 7.09. The summed E-state index contributed by atoms with van der Waals surface area (Å²) >= 11 is 1.36. The Morgan fingerprint density at radius 1 is 1.32 bits per heavy atom. The highest BCUT2D eigenvalue weighted by Crippen LogP contribution is 2.28. The average molecular weight is 372 g/mol. The number of amides is 1. The van der Waals surface area contributed by atoms with Gasteiger partial charge in [0.2, 0.25) is 0 Å². The molecule has 1 aliphatic heterocycles. The van der Waals surface area contributed by atoms with Crippen molar-refractivity contribution in [2.75, 3.05) is 31.6 Å². The van der Waals surface area contributed by atoms with E-state index in [9.17, 15) is 18.0 Å². The molecule has 1 amide bonds. The van der Waals surface area contributed by atoms with Gasteiger partial charge in [-0.15, -0.1) is 11.3 Å². The minimum atomic E-state index is -4.46. The summed E-state index contributed by atoms with van der Waals surface area (Å²) in [5, 5.41) is 4.87. The van der Waals surface area contributed by atoms with Crippen LogP contribution in [0, 0.1) is 0 Å². The molecular weight excluding hydrogens is 357 g/mol. The summed E-state index contributed by atoms with van der Waals surface area (Å²) in [6.45, 7) is 3.63. The lowest BCUT2D eigenvalue weighted by Gasteiger charge is -2.25. The molecule has 0 unspecified atom stereocenters. The quantitative estimate of drug-likeness (QED) is 0.894. The summed E-state index contributed by atoms with van der Waals surface area (Å²) in [4.78, 5) is 22.2. The zero-order valence-electron chi connectivity index (χ0n) is 13.0. The van der Waals surface area contributed by atoms with E-state index < -0.39 is 17.6 Å². The molecule has 3 rings (SSSR count). The van der Waals surface area contributed by atoms with E-state index in [1.165, 1.54) is 11.3 Å². The third kappa shape index (κ3) is 4.74. The van der Waals surface area contributed by atoms with Gasteiger partial charge in [0.15, 0.2) is 0 Å². The van der Waals surface area contributed by atoms with Gasteiger partial charge < -0.3 is 10.1 Å². The summed E-state index contributed by atoms with van der Waals surface area (Å²) in [5.41, 5.74) is -0.651. The molecule has 25 heavy (non-hydrogen) atoms. The number of pyridine rings is 1. The van der Waals surface area contributed by atoms with Crippen LogP contribution in [-0.4, -0.2) is 47.1 Å². The first kappa shape index (κ1) is 17.8. The molecule has 0 aromatic carbocycles. The summed E-state index contributed by atoms with van der Waals surface area (Å²) in [6.07, 6.45) is -3.78. The van der Waals surface area contributed by atoms with Gasteiger partial charge in [-0.05, 0) is 12.1 Å². The molecule has 0 aliphatic carbocycles. The maximum atomic E-state index is 12.5. The highest BCUT2D eigenvalue weighted by Gasteiger charge is 2.30. The van der Waals surface area contributed by atoms with Crippen molar-refractivity contribution in [3.05, 3.63) is 40.0 Å². The number of nitrogens with zero attached hydrogens (tertiary/aromatic N) is 3. The minimum Gasteiger partial charge on any atom is -0.379 e. The number of nitrogens with one attached hydrogen (secondary N) is 1. The van der Waals surface area contributed by atoms with Crippen LogP contribution in [0.2, 0.25) is 0 Å². The van der Waals surface area contributed by atoms with Crippen LogP contribution in [0.3, 0.4) is 0 Å². The second kappa shape index (κ2) is 7.46. The number of thiazole rings is 1. The molecule has 1 N–H and O–H groups in total. The first-order valence-electron chi connectivity index (χ1n) is 7.51. The highest BCUT2D eigenvalue weighted by atomic mass is 32.1. The van der Waals surface area contributed by atoms with Crippen molar-refractivity contribution < 1.29 is 22.7 Å². The minimum absolute atomic E-state index is 0.0423. The number of halogens is 3. The number of alkyl halides is 3. The second-order valence-corrected chi connectivity index (χ2v) is 6.34. The molecule has 1 aliphatic rings. The van der Waals surface area contributed by atoms with Gasteiger partial charge in [0, 0.05) is 24.7 Å². The zero-order valence-corrected chi connectivity index (χ0v) is 13.9. The van der Waals surface area contributed by atoms with Crippen LogP contribution in [0.5, 0.6) is 0 Å². The second-order valence-electron chi connectivity index (χ2n) is 5.40. The van der Waals surface area contributed by atoms with Gasteiger partial charge in [0.05, 0.1) is 25.3 Å². The van der Waals surface area contributed by atoms with Crippen LogP contribution in [-0.2, 0) is 17.5 Å². The molecule has 3 heterocycles. The number of morpholine rings is 1. The van der Waals surface area contributed by atoms with Crippen LogP contribution >= 0.6 is 11.3 Å². The number of hydrogen-bond donors (Lipinski definition) is 1. The Balaban J connectivity index is 1.59. The van der Waals surface area contributed by atoms with Crippen LogP contribution in [0.4, 0.5) is 19.0 Å². The van der Waals surface area contributed by atoms with E-state index in [1.807, 2.05) is 0 Å². The summed E-state index contributed by atoms with van der Waals surface area (Å²) in [7, 11) is 0. The number of ether oxygens (including phenoxy) is 1. The fourth-order valence-corrected chi connectivity index (χ4v) is 3.07. The molecule has 134 valence electrons. The molecule has 0 radical (unpaired) electrons. The monoisotopic (exact) mass is 372 g/mol. The van der Waals surface area contributed by atoms with Crippen molar-refractivity contribution in [2.24, 2.45) is 0 Å². The molecule has 6 nitrogen and oxygen atoms in total. The molecular formula is C15H15F3N4O2S. The van der Waals surface area contributed by atoms with Gasteiger partial charge in [-0.2, -0.15) is 13.2 Å². The number of rotatable bonds is 4. The number of hydrogen-bond acceptors (Lipinski definition) is 6. The van der Waals surface area contributed by atoms with E-state index in [0.717, 1.165) is 30.2 Å². The number of anilines is 1. The maximum Gasteiger partial charge on any atom is 0.417 e. The van der Waals surface area contributed by atoms with Crippen LogP contribution in [0.1, 0.15) is 21.1 Å². The van der Waals surface area contributed by atoms with Crippen molar-refractivity contribution in [3.8, 4) is 0 Å². The van der Waals surface area contributed by atoms with Gasteiger partial charge in [0.25, 0.3) is 5.91 Å². The largest absolute Gasteiger partial charge is 0.417 e. The molecule has 1 fully saturated rings. The lowest BCUT2D eigenvalue weighted by molar-refractivity contribution is -0.137. The van der Waals surface area contributed by atoms with Crippen molar-refractivity contribution in [1.29, 1.82) is 0 Å². The Bertz CT molecular complexity index is 727. The van der Waals surface area contributed by atoms with E-state index in [0.29, 0.717) is 26.0 Å². The number of aromatic nitrogens is 2. The Morgan fingerprint density at radius 2 is 2.08 bits per heavy atom. The van der Waals surface area contributed by atoms with Gasteiger partial charge in [-0.25, -0.2) is 9.97 Å². The molecule has 0 atom stereocenters. The van der Waals surface area contributed by atoms with Crippen molar-refractivity contribution in [3.63, 3.8) is 0 Å². The molecule has 0 saturated carbocycles. The van der Waals surface area contributed by atoms with E-state index >= 15 is 0 Å². The average Bonchev–Trinajstić information content (AvgIpc) is 3.04. The molecule has 0 bridgehead atoms. The van der Waals surface area contributed by atoms with Gasteiger partial charge in [-0.3, -0.25) is 9.69 Å². The first-order chi connectivity index (χ1) is 11.9. The summed E-state index contributed by atoms with van der Waals surface area (Å²) in [6, 6.07) is 1.98. The smallest absolute Gasteiger partial charge is 0.379 e.